The molecular formula is C15H19N3O3. The number of hydrogen-bond donors (Lipinski definition) is 1. The number of rotatable bonds is 5. The van der Waals surface area contributed by atoms with E-state index in [-0.39, 0.29) is 12.0 Å². The van der Waals surface area contributed by atoms with Gasteiger partial charge in [-0.25, -0.2) is 4.52 Å². The lowest BCUT2D eigenvalue weighted by Gasteiger charge is -2.15. The molecule has 6 heteroatoms. The Kier molecular flexibility index (Phi) is 4.17. The van der Waals surface area contributed by atoms with Gasteiger partial charge in [-0.3, -0.25) is 4.79 Å². The van der Waals surface area contributed by atoms with Crippen LogP contribution in [0.4, 0.5) is 5.69 Å². The van der Waals surface area contributed by atoms with Gasteiger partial charge in [0.15, 0.2) is 0 Å². The van der Waals surface area contributed by atoms with Gasteiger partial charge in [-0.1, -0.05) is 6.07 Å². The van der Waals surface area contributed by atoms with Gasteiger partial charge in [0.1, 0.15) is 6.10 Å². The summed E-state index contributed by atoms with van der Waals surface area (Å²) in [6.45, 7) is 3.00. The summed E-state index contributed by atoms with van der Waals surface area (Å²) in [5.74, 6) is -0.174. The fourth-order valence-corrected chi connectivity index (χ4v) is 2.37. The van der Waals surface area contributed by atoms with E-state index in [9.17, 15) is 4.79 Å². The number of ether oxygens (including phenoxy) is 2. The molecule has 1 aliphatic rings. The van der Waals surface area contributed by atoms with Gasteiger partial charge in [0, 0.05) is 12.8 Å². The van der Waals surface area contributed by atoms with Gasteiger partial charge in [-0.2, -0.15) is 5.10 Å². The minimum absolute atomic E-state index is 0.122. The van der Waals surface area contributed by atoms with Gasteiger partial charge >= 0.3 is 0 Å². The predicted octanol–water partition coefficient (Wildman–Crippen LogP) is 1.86. The number of pyridine rings is 1. The third-order valence-corrected chi connectivity index (χ3v) is 3.61. The van der Waals surface area contributed by atoms with Crippen LogP contribution < -0.4 is 5.32 Å². The van der Waals surface area contributed by atoms with Gasteiger partial charge < -0.3 is 14.8 Å². The molecule has 21 heavy (non-hydrogen) atoms. The molecule has 1 aliphatic heterocycles. The third-order valence-electron chi connectivity index (χ3n) is 3.61. The Labute approximate surface area is 123 Å². The van der Waals surface area contributed by atoms with E-state index in [1.54, 1.807) is 17.6 Å². The SMILES string of the molecule is CC(OCC1CCCO1)C(=O)Nc1cnn2ccccc12. The van der Waals surface area contributed by atoms with Gasteiger partial charge in [-0.15, -0.1) is 0 Å². The number of nitrogens with zero attached hydrogens (tertiary/aromatic N) is 2. The zero-order valence-corrected chi connectivity index (χ0v) is 12.0. The number of fused-ring (bicyclic) bond motifs is 1. The fraction of sp³-hybridized carbons (Fsp3) is 0.467. The smallest absolute Gasteiger partial charge is 0.253 e. The molecule has 0 spiro atoms. The topological polar surface area (TPSA) is 64.9 Å². The van der Waals surface area contributed by atoms with Crippen molar-refractivity contribution in [3.8, 4) is 0 Å². The lowest BCUT2D eigenvalue weighted by atomic mass is 10.2. The molecule has 1 saturated heterocycles. The van der Waals surface area contributed by atoms with Gasteiger partial charge in [0.25, 0.3) is 5.91 Å². The summed E-state index contributed by atoms with van der Waals surface area (Å²) in [7, 11) is 0. The quantitative estimate of drug-likeness (QED) is 0.912. The molecule has 2 atom stereocenters. The van der Waals surface area contributed by atoms with Crippen molar-refractivity contribution in [3.63, 3.8) is 0 Å². The zero-order valence-electron chi connectivity index (χ0n) is 12.0. The van der Waals surface area contributed by atoms with Crippen molar-refractivity contribution in [3.05, 3.63) is 30.6 Å². The molecule has 112 valence electrons. The number of aromatic nitrogens is 2. The monoisotopic (exact) mass is 289 g/mol. The molecule has 0 bridgehead atoms. The molecule has 2 aromatic heterocycles. The summed E-state index contributed by atoms with van der Waals surface area (Å²) in [6, 6.07) is 5.70. The first-order chi connectivity index (χ1) is 10.2. The lowest BCUT2D eigenvalue weighted by molar-refractivity contribution is -0.128. The summed E-state index contributed by atoms with van der Waals surface area (Å²) in [5.41, 5.74) is 1.55. The van der Waals surface area contributed by atoms with Crippen LogP contribution in [0.1, 0.15) is 19.8 Å². The largest absolute Gasteiger partial charge is 0.376 e. The van der Waals surface area contributed by atoms with Crippen LogP contribution in [0.15, 0.2) is 30.6 Å². The summed E-state index contributed by atoms with van der Waals surface area (Å²) in [4.78, 5) is 12.1. The molecule has 2 unspecified atom stereocenters. The minimum atomic E-state index is -0.520. The summed E-state index contributed by atoms with van der Waals surface area (Å²) >= 11 is 0. The standard InChI is InChI=1S/C15H19N3O3/c1-11(21-10-12-5-4-8-20-12)15(19)17-13-9-16-18-7-3-2-6-14(13)18/h2-3,6-7,9,11-12H,4-5,8,10H2,1H3,(H,17,19). The number of amides is 1. The highest BCUT2D eigenvalue weighted by Gasteiger charge is 2.20. The molecule has 1 amide bonds. The van der Waals surface area contributed by atoms with Crippen LogP contribution in [0.2, 0.25) is 0 Å². The summed E-state index contributed by atoms with van der Waals surface area (Å²) < 4.78 is 12.8. The maximum absolute atomic E-state index is 12.1. The van der Waals surface area contributed by atoms with Crippen molar-refractivity contribution >= 4 is 17.1 Å². The van der Waals surface area contributed by atoms with Crippen LogP contribution >= 0.6 is 0 Å². The van der Waals surface area contributed by atoms with Crippen LogP contribution in [0, 0.1) is 0 Å². The second-order valence-corrected chi connectivity index (χ2v) is 5.19. The Hall–Kier alpha value is -1.92. The minimum Gasteiger partial charge on any atom is -0.376 e. The second-order valence-electron chi connectivity index (χ2n) is 5.19. The summed E-state index contributed by atoms with van der Waals surface area (Å²) in [5, 5.41) is 7.03. The molecular weight excluding hydrogens is 270 g/mol. The number of anilines is 1. The van der Waals surface area contributed by atoms with Crippen LogP contribution in [0.5, 0.6) is 0 Å². The van der Waals surface area contributed by atoms with E-state index in [1.807, 2.05) is 24.4 Å². The Morgan fingerprint density at radius 1 is 1.62 bits per heavy atom. The third kappa shape index (κ3) is 3.22. The summed E-state index contributed by atoms with van der Waals surface area (Å²) in [6.07, 6.45) is 5.15. The maximum atomic E-state index is 12.1. The Balaban J connectivity index is 1.57. The highest BCUT2D eigenvalue weighted by atomic mass is 16.5. The van der Waals surface area contributed by atoms with Crippen molar-refractivity contribution in [1.29, 1.82) is 0 Å². The van der Waals surface area contributed by atoms with Crippen molar-refractivity contribution in [1.82, 2.24) is 9.61 Å². The van der Waals surface area contributed by atoms with E-state index < -0.39 is 6.10 Å². The second kappa shape index (κ2) is 6.24. The molecule has 0 radical (unpaired) electrons. The van der Waals surface area contributed by atoms with E-state index in [0.29, 0.717) is 12.3 Å². The van der Waals surface area contributed by atoms with E-state index in [0.717, 1.165) is 25.0 Å². The molecule has 0 saturated carbocycles. The zero-order chi connectivity index (χ0) is 14.7. The van der Waals surface area contributed by atoms with Crippen molar-refractivity contribution in [2.75, 3.05) is 18.5 Å². The average Bonchev–Trinajstić information content (AvgIpc) is 3.15. The van der Waals surface area contributed by atoms with Crippen LogP contribution in [-0.2, 0) is 14.3 Å². The number of carbonyl (C=O) groups is 1. The Morgan fingerprint density at radius 3 is 3.33 bits per heavy atom. The molecule has 3 heterocycles. The normalized spacial score (nSPS) is 19.8. The molecule has 1 fully saturated rings. The molecule has 0 aromatic carbocycles. The predicted molar refractivity (Wildman–Crippen MR) is 78.2 cm³/mol. The molecule has 3 rings (SSSR count). The number of hydrogen-bond acceptors (Lipinski definition) is 4. The number of carbonyl (C=O) groups excluding carboxylic acids is 1. The van der Waals surface area contributed by atoms with Crippen LogP contribution in [0.3, 0.4) is 0 Å². The molecule has 6 nitrogen and oxygen atoms in total. The highest BCUT2D eigenvalue weighted by Crippen LogP contribution is 2.17. The Morgan fingerprint density at radius 2 is 2.52 bits per heavy atom. The van der Waals surface area contributed by atoms with Crippen molar-refractivity contribution in [2.24, 2.45) is 0 Å². The van der Waals surface area contributed by atoms with Gasteiger partial charge in [0.2, 0.25) is 0 Å². The molecule has 1 N–H and O–H groups in total. The Bertz CT molecular complexity index is 619. The van der Waals surface area contributed by atoms with Crippen LogP contribution in [-0.4, -0.2) is 40.9 Å². The maximum Gasteiger partial charge on any atom is 0.253 e. The van der Waals surface area contributed by atoms with Crippen molar-refractivity contribution < 1.29 is 14.3 Å². The first kappa shape index (κ1) is 14.0. The van der Waals surface area contributed by atoms with E-state index >= 15 is 0 Å². The average molecular weight is 289 g/mol. The first-order valence-corrected chi connectivity index (χ1v) is 7.20. The molecule has 2 aromatic rings. The van der Waals surface area contributed by atoms with E-state index in [4.69, 9.17) is 9.47 Å². The van der Waals surface area contributed by atoms with Crippen LogP contribution in [0.25, 0.3) is 5.52 Å². The first-order valence-electron chi connectivity index (χ1n) is 7.20. The van der Waals surface area contributed by atoms with Crippen molar-refractivity contribution in [2.45, 2.75) is 32.0 Å². The highest BCUT2D eigenvalue weighted by molar-refractivity contribution is 5.97. The van der Waals surface area contributed by atoms with E-state index in [2.05, 4.69) is 10.4 Å². The van der Waals surface area contributed by atoms with Gasteiger partial charge in [0.05, 0.1) is 30.1 Å². The number of nitrogens with one attached hydrogen (secondary N) is 1. The van der Waals surface area contributed by atoms with E-state index in [1.165, 1.54) is 0 Å². The fourth-order valence-electron chi connectivity index (χ4n) is 2.37. The lowest BCUT2D eigenvalue weighted by Crippen LogP contribution is -2.30. The molecule has 0 aliphatic carbocycles. The van der Waals surface area contributed by atoms with Gasteiger partial charge in [-0.05, 0) is 31.9 Å².